The molecule has 2 aromatic carbocycles. The molecule has 0 radical (unpaired) electrons. The van der Waals surface area contributed by atoms with Crippen molar-refractivity contribution in [1.82, 2.24) is 0 Å². The van der Waals surface area contributed by atoms with Gasteiger partial charge in [0.1, 0.15) is 29.0 Å². The highest BCUT2D eigenvalue weighted by molar-refractivity contribution is 6.31. The average molecular weight is 712 g/mol. The summed E-state index contributed by atoms with van der Waals surface area (Å²) < 4.78 is 35.5. The number of ether oxygens (including phenoxy) is 6. The summed E-state index contributed by atoms with van der Waals surface area (Å²) in [6, 6.07) is 3.51. The van der Waals surface area contributed by atoms with E-state index in [9.17, 15) is 40.3 Å². The number of benzene rings is 2. The third-order valence-electron chi connectivity index (χ3n) is 10.7. The number of rotatable bonds is 8. The molecule has 2 aliphatic heterocycles. The lowest BCUT2D eigenvalue weighted by atomic mass is 9.72. The van der Waals surface area contributed by atoms with E-state index in [4.69, 9.17) is 28.4 Å². The van der Waals surface area contributed by atoms with E-state index in [1.54, 1.807) is 20.8 Å². The van der Waals surface area contributed by atoms with Crippen LogP contribution in [0.3, 0.4) is 0 Å². The van der Waals surface area contributed by atoms with Crippen molar-refractivity contribution in [1.29, 1.82) is 0 Å². The van der Waals surface area contributed by atoms with E-state index in [1.165, 1.54) is 32.4 Å². The molecule has 10 atom stereocenters. The number of Topliss-reactive ketones (excluding diaryl/α,β-unsaturated/α-hetero) is 1. The molecule has 0 bridgehead atoms. The Bertz CT molecular complexity index is 1830. The number of methoxy groups -OCH3 is 2. The molecular formula is C35H41N3O13. The summed E-state index contributed by atoms with van der Waals surface area (Å²) in [5.74, 6) is -3.44. The summed E-state index contributed by atoms with van der Waals surface area (Å²) >= 11 is 0. The van der Waals surface area contributed by atoms with Gasteiger partial charge in [0.15, 0.2) is 24.1 Å². The third-order valence-corrected chi connectivity index (χ3v) is 10.7. The topological polar surface area (TPSA) is 236 Å². The van der Waals surface area contributed by atoms with E-state index in [1.807, 2.05) is 0 Å². The molecule has 16 heteroatoms. The van der Waals surface area contributed by atoms with Gasteiger partial charge in [-0.05, 0) is 39.3 Å². The lowest BCUT2D eigenvalue weighted by Crippen LogP contribution is -2.58. The van der Waals surface area contributed by atoms with Gasteiger partial charge in [0.05, 0.1) is 59.9 Å². The molecule has 0 unspecified atom stereocenters. The monoisotopic (exact) mass is 711 g/mol. The van der Waals surface area contributed by atoms with Crippen LogP contribution in [0.2, 0.25) is 0 Å². The van der Waals surface area contributed by atoms with Crippen molar-refractivity contribution < 1.29 is 63.2 Å². The van der Waals surface area contributed by atoms with Crippen LogP contribution in [0.1, 0.15) is 96.0 Å². The number of nitrogens with zero attached hydrogens (tertiary/aromatic N) is 3. The van der Waals surface area contributed by atoms with Crippen molar-refractivity contribution in [3.63, 3.8) is 0 Å². The maximum Gasteiger partial charge on any atom is 0.202 e. The third kappa shape index (κ3) is 6.05. The van der Waals surface area contributed by atoms with Crippen molar-refractivity contribution in [2.24, 2.45) is 5.11 Å². The molecule has 2 heterocycles. The minimum absolute atomic E-state index is 0.0477. The summed E-state index contributed by atoms with van der Waals surface area (Å²) in [6.45, 7) is 6.23. The zero-order valence-electron chi connectivity index (χ0n) is 29.0. The van der Waals surface area contributed by atoms with Crippen LogP contribution in [0.4, 0.5) is 0 Å². The van der Waals surface area contributed by atoms with Gasteiger partial charge in [-0.2, -0.15) is 0 Å². The molecule has 0 saturated carbocycles. The highest BCUT2D eigenvalue weighted by Crippen LogP contribution is 2.52. The smallest absolute Gasteiger partial charge is 0.202 e. The number of azide groups is 1. The molecule has 4 aliphatic rings. The molecule has 0 amide bonds. The number of hydrogen-bond donors (Lipinski definition) is 4. The van der Waals surface area contributed by atoms with Gasteiger partial charge in [-0.3, -0.25) is 14.4 Å². The number of carbonyl (C=O) groups is 3. The van der Waals surface area contributed by atoms with Crippen molar-refractivity contribution in [3.05, 3.63) is 62.0 Å². The fourth-order valence-electron chi connectivity index (χ4n) is 7.74. The van der Waals surface area contributed by atoms with E-state index in [0.717, 1.165) is 6.92 Å². The second kappa shape index (κ2) is 13.5. The lowest BCUT2D eigenvalue weighted by Gasteiger charge is -2.47. The Kier molecular flexibility index (Phi) is 9.67. The van der Waals surface area contributed by atoms with Gasteiger partial charge in [0.2, 0.25) is 5.78 Å². The van der Waals surface area contributed by atoms with Gasteiger partial charge in [-0.15, -0.1) is 0 Å². The Balaban J connectivity index is 1.34. The fourth-order valence-corrected chi connectivity index (χ4v) is 7.74. The van der Waals surface area contributed by atoms with Crippen LogP contribution in [-0.2, 0) is 34.9 Å². The minimum atomic E-state index is -2.09. The number of aromatic hydroxyl groups is 2. The minimum Gasteiger partial charge on any atom is -0.507 e. The summed E-state index contributed by atoms with van der Waals surface area (Å²) in [7, 11) is 2.80. The Morgan fingerprint density at radius 1 is 1.00 bits per heavy atom. The van der Waals surface area contributed by atoms with E-state index < -0.39 is 113 Å². The number of hydrogen-bond acceptors (Lipinski definition) is 14. The summed E-state index contributed by atoms with van der Waals surface area (Å²) in [6.07, 6.45) is -7.39. The zero-order valence-corrected chi connectivity index (χ0v) is 29.0. The average Bonchev–Trinajstić information content (AvgIpc) is 3.08. The fraction of sp³-hybridized carbons (Fsp3) is 0.571. The molecule has 2 saturated heterocycles. The van der Waals surface area contributed by atoms with Crippen LogP contribution in [0.25, 0.3) is 10.4 Å². The van der Waals surface area contributed by atoms with Gasteiger partial charge < -0.3 is 48.8 Å². The highest BCUT2D eigenvalue weighted by atomic mass is 16.7. The molecule has 274 valence electrons. The quantitative estimate of drug-likeness (QED) is 0.114. The Morgan fingerprint density at radius 3 is 2.33 bits per heavy atom. The molecule has 6 rings (SSSR count). The van der Waals surface area contributed by atoms with Crippen LogP contribution in [0.5, 0.6) is 17.2 Å². The Hall–Kier alpha value is -4.12. The van der Waals surface area contributed by atoms with Gasteiger partial charge in [0.25, 0.3) is 0 Å². The van der Waals surface area contributed by atoms with Gasteiger partial charge >= 0.3 is 0 Å². The normalized spacial score (nSPS) is 34.5. The van der Waals surface area contributed by atoms with Crippen LogP contribution in [0.15, 0.2) is 23.3 Å². The van der Waals surface area contributed by atoms with Gasteiger partial charge in [-0.1, -0.05) is 17.2 Å². The molecule has 16 nitrogen and oxygen atoms in total. The van der Waals surface area contributed by atoms with Crippen molar-refractivity contribution >= 4 is 17.3 Å². The van der Waals surface area contributed by atoms with Crippen molar-refractivity contribution in [3.8, 4) is 17.2 Å². The van der Waals surface area contributed by atoms with Crippen LogP contribution >= 0.6 is 0 Å². The van der Waals surface area contributed by atoms with E-state index in [0.29, 0.717) is 0 Å². The number of aliphatic hydroxyl groups excluding tert-OH is 1. The predicted molar refractivity (Wildman–Crippen MR) is 175 cm³/mol. The first kappa shape index (κ1) is 36.7. The first-order chi connectivity index (χ1) is 24.1. The van der Waals surface area contributed by atoms with Gasteiger partial charge in [0, 0.05) is 54.4 Å². The standard InChI is InChI=1S/C35H41N3O13/c1-14-32(51-23-13-34(4,47-6)33(44)15(2)49-23)19(37-38-36)10-22(48-14)50-21-12-35(45,16(3)39)11-18-25(21)31(43)27-26(29(18)41)28(40)17-8-7-9-20(46-5)24(17)30(27)42/h7-9,14-15,19,21-23,32-33,41,43-45H,10-13H2,1-6H3/t14-,15-,19-,21-,22-,23-,32+,33-,34+,35-/m0/s1. The molecule has 4 N–H and O–H groups in total. The maximum atomic E-state index is 13.9. The Labute approximate surface area is 292 Å². The predicted octanol–water partition coefficient (Wildman–Crippen LogP) is 3.31. The number of aliphatic hydroxyl groups is 2. The molecular weight excluding hydrogens is 670 g/mol. The number of carbonyl (C=O) groups excluding carboxylic acids is 3. The molecule has 51 heavy (non-hydrogen) atoms. The summed E-state index contributed by atoms with van der Waals surface area (Å²) in [5.41, 5.74) is 5.07. The Morgan fingerprint density at radius 2 is 1.69 bits per heavy atom. The summed E-state index contributed by atoms with van der Waals surface area (Å²) in [5, 5.41) is 49.4. The molecule has 2 aromatic rings. The SMILES string of the molecule is COc1cccc2c1C(=O)c1c(O)c3c(c(O)c1C2=O)C[C@@](O)(C(C)=O)C[C@@H]3O[C@H]1C[C@H](N=[N+]=[N-])[C@H](O[C@H]2C[C@@](C)(OC)[C@@H](O)[C@H](C)O2)[C@H](C)O1. The first-order valence-corrected chi connectivity index (χ1v) is 16.6. The second-order valence-corrected chi connectivity index (χ2v) is 13.8. The number of phenolic OH excluding ortho intramolecular Hbond substituents is 2. The molecule has 0 aromatic heterocycles. The van der Waals surface area contributed by atoms with Crippen LogP contribution in [0, 0.1) is 0 Å². The highest BCUT2D eigenvalue weighted by Gasteiger charge is 2.51. The summed E-state index contributed by atoms with van der Waals surface area (Å²) in [4.78, 5) is 43.4. The molecule has 2 fully saturated rings. The number of phenols is 2. The zero-order chi connectivity index (χ0) is 37.2. The maximum absolute atomic E-state index is 13.9. The molecule has 0 spiro atoms. The van der Waals surface area contributed by atoms with Crippen molar-refractivity contribution in [2.75, 3.05) is 14.2 Å². The van der Waals surface area contributed by atoms with E-state index >= 15 is 0 Å². The van der Waals surface area contributed by atoms with Gasteiger partial charge in [-0.25, -0.2) is 0 Å². The van der Waals surface area contributed by atoms with E-state index in [-0.39, 0.29) is 40.8 Å². The number of ketones is 3. The van der Waals surface area contributed by atoms with Crippen molar-refractivity contribution in [2.45, 2.75) is 114 Å². The second-order valence-electron chi connectivity index (χ2n) is 13.8. The largest absolute Gasteiger partial charge is 0.507 e. The van der Waals surface area contributed by atoms with E-state index in [2.05, 4.69) is 10.0 Å². The number of fused-ring (bicyclic) bond motifs is 3. The molecule has 2 aliphatic carbocycles. The lowest BCUT2D eigenvalue weighted by molar-refractivity contribution is -0.316. The van der Waals surface area contributed by atoms with Crippen LogP contribution < -0.4 is 4.74 Å². The first-order valence-electron chi connectivity index (χ1n) is 16.6. The van der Waals surface area contributed by atoms with Crippen LogP contribution in [-0.4, -0.2) is 106 Å².